The van der Waals surface area contributed by atoms with E-state index in [9.17, 15) is 22.8 Å². The number of carbonyl (C=O) groups excluding carboxylic acids is 3. The van der Waals surface area contributed by atoms with E-state index in [0.29, 0.717) is 43.9 Å². The maximum Gasteiger partial charge on any atom is 0.321 e. The molecule has 1 aromatic carbocycles. The Morgan fingerprint density at radius 2 is 1.62 bits per heavy atom. The van der Waals surface area contributed by atoms with Gasteiger partial charge in [0.2, 0.25) is 0 Å². The Morgan fingerprint density at radius 1 is 0.938 bits per heavy atom. The van der Waals surface area contributed by atoms with E-state index in [1.54, 1.807) is 11.0 Å². The van der Waals surface area contributed by atoms with Crippen LogP contribution in [0, 0.1) is 0 Å². The summed E-state index contributed by atoms with van der Waals surface area (Å²) in [6.07, 6.45) is 1.02. The van der Waals surface area contributed by atoms with Gasteiger partial charge in [0.05, 0.1) is 10.6 Å². The quantitative estimate of drug-likeness (QED) is 0.508. The molecule has 1 aromatic heterocycles. The van der Waals surface area contributed by atoms with Gasteiger partial charge in [0, 0.05) is 26.2 Å². The number of piperazine rings is 1. The van der Waals surface area contributed by atoms with E-state index in [4.69, 9.17) is 4.74 Å². The summed E-state index contributed by atoms with van der Waals surface area (Å²) in [6.45, 7) is 0.965. The predicted octanol–water partition coefficient (Wildman–Crippen LogP) is 1.62. The molecule has 2 heterocycles. The number of rotatable bonds is 9. The normalized spacial score (nSPS) is 14.2. The van der Waals surface area contributed by atoms with E-state index in [1.807, 2.05) is 41.8 Å². The second-order valence-electron chi connectivity index (χ2n) is 7.49. The number of sulfone groups is 1. The zero-order valence-corrected chi connectivity index (χ0v) is 19.3. The first kappa shape index (κ1) is 23.9. The summed E-state index contributed by atoms with van der Waals surface area (Å²) >= 11 is 1.37. The van der Waals surface area contributed by atoms with Crippen LogP contribution < -0.4 is 0 Å². The van der Waals surface area contributed by atoms with Crippen molar-refractivity contribution in [3.05, 3.63) is 58.3 Å². The Labute approximate surface area is 191 Å². The van der Waals surface area contributed by atoms with Gasteiger partial charge in [-0.05, 0) is 29.9 Å². The molecule has 3 rings (SSSR count). The Morgan fingerprint density at radius 3 is 2.28 bits per heavy atom. The molecule has 2 amide bonds. The molecular weight excluding hydrogens is 452 g/mol. The van der Waals surface area contributed by atoms with E-state index in [2.05, 4.69) is 0 Å². The standard InChI is InChI=1S/C22H26N2O6S2/c25-20(23-10-12-24(13-11-23)22(27)19-9-4-14-31-19)16-30-21(26)17-32(28,29)15-5-8-18-6-2-1-3-7-18/h1-4,6-7,9,14H,5,8,10-13,15-17H2. The first-order valence-electron chi connectivity index (χ1n) is 10.3. The molecule has 10 heteroatoms. The fraction of sp³-hybridized carbons (Fsp3) is 0.409. The van der Waals surface area contributed by atoms with Gasteiger partial charge < -0.3 is 14.5 Å². The van der Waals surface area contributed by atoms with Crippen molar-refractivity contribution in [2.24, 2.45) is 0 Å². The minimum atomic E-state index is -3.60. The van der Waals surface area contributed by atoms with Crippen LogP contribution in [0.25, 0.3) is 0 Å². The van der Waals surface area contributed by atoms with Crippen molar-refractivity contribution >= 4 is 39.0 Å². The molecule has 8 nitrogen and oxygen atoms in total. The maximum atomic E-state index is 12.3. The summed E-state index contributed by atoms with van der Waals surface area (Å²) in [7, 11) is -3.60. The molecule has 172 valence electrons. The van der Waals surface area contributed by atoms with Crippen LogP contribution in [0.5, 0.6) is 0 Å². The zero-order chi connectivity index (χ0) is 23.0. The van der Waals surface area contributed by atoms with Gasteiger partial charge in [-0.15, -0.1) is 11.3 Å². The molecular formula is C22H26N2O6S2. The van der Waals surface area contributed by atoms with E-state index < -0.39 is 34.1 Å². The molecule has 0 radical (unpaired) electrons. The second kappa shape index (κ2) is 11.2. The number of benzene rings is 1. The van der Waals surface area contributed by atoms with Crippen molar-refractivity contribution in [1.29, 1.82) is 0 Å². The number of hydrogen-bond donors (Lipinski definition) is 0. The van der Waals surface area contributed by atoms with Crippen LogP contribution in [0.3, 0.4) is 0 Å². The monoisotopic (exact) mass is 478 g/mol. The van der Waals surface area contributed by atoms with Crippen LogP contribution in [0.2, 0.25) is 0 Å². The molecule has 32 heavy (non-hydrogen) atoms. The van der Waals surface area contributed by atoms with Crippen LogP contribution in [-0.4, -0.2) is 80.3 Å². The fourth-order valence-electron chi connectivity index (χ4n) is 3.38. The largest absolute Gasteiger partial charge is 0.455 e. The molecule has 1 saturated heterocycles. The molecule has 0 saturated carbocycles. The second-order valence-corrected chi connectivity index (χ2v) is 10.6. The average molecular weight is 479 g/mol. The van der Waals surface area contributed by atoms with E-state index >= 15 is 0 Å². The molecule has 1 aliphatic heterocycles. The number of ether oxygens (including phenoxy) is 1. The topological polar surface area (TPSA) is 101 Å². The van der Waals surface area contributed by atoms with Gasteiger partial charge in [-0.2, -0.15) is 0 Å². The van der Waals surface area contributed by atoms with E-state index in [-0.39, 0.29) is 11.7 Å². The number of nitrogens with zero attached hydrogens (tertiary/aromatic N) is 2. The van der Waals surface area contributed by atoms with Crippen molar-refractivity contribution in [3.63, 3.8) is 0 Å². The third-order valence-electron chi connectivity index (χ3n) is 5.11. The van der Waals surface area contributed by atoms with Gasteiger partial charge in [-0.1, -0.05) is 36.4 Å². The van der Waals surface area contributed by atoms with E-state index in [0.717, 1.165) is 5.56 Å². The maximum absolute atomic E-state index is 12.3. The lowest BCUT2D eigenvalue weighted by molar-refractivity contribution is -0.150. The molecule has 0 aliphatic carbocycles. The number of carbonyl (C=O) groups is 3. The number of hydrogen-bond acceptors (Lipinski definition) is 7. The van der Waals surface area contributed by atoms with Crippen molar-refractivity contribution in [2.75, 3.05) is 44.3 Å². The van der Waals surface area contributed by atoms with Gasteiger partial charge in [-0.25, -0.2) is 8.42 Å². The summed E-state index contributed by atoms with van der Waals surface area (Å²) < 4.78 is 29.2. The highest BCUT2D eigenvalue weighted by Gasteiger charge is 2.26. The Bertz CT molecular complexity index is 1010. The molecule has 0 N–H and O–H groups in total. The highest BCUT2D eigenvalue weighted by atomic mass is 32.2. The molecule has 0 bridgehead atoms. The first-order chi connectivity index (χ1) is 15.3. The Hall–Kier alpha value is -2.72. The summed E-state index contributed by atoms with van der Waals surface area (Å²) in [5.41, 5.74) is 1.04. The number of aryl methyl sites for hydroxylation is 1. The van der Waals surface area contributed by atoms with E-state index in [1.165, 1.54) is 16.2 Å². The van der Waals surface area contributed by atoms with Crippen molar-refractivity contribution in [1.82, 2.24) is 9.80 Å². The highest BCUT2D eigenvalue weighted by molar-refractivity contribution is 7.92. The van der Waals surface area contributed by atoms with Gasteiger partial charge in [0.1, 0.15) is 5.75 Å². The lowest BCUT2D eigenvalue weighted by Gasteiger charge is -2.34. The third-order valence-corrected chi connectivity index (χ3v) is 7.55. The van der Waals surface area contributed by atoms with Crippen molar-refractivity contribution in [2.45, 2.75) is 12.8 Å². The lowest BCUT2D eigenvalue weighted by Crippen LogP contribution is -2.51. The molecule has 0 spiro atoms. The van der Waals surface area contributed by atoms with Gasteiger partial charge >= 0.3 is 5.97 Å². The van der Waals surface area contributed by atoms with Crippen molar-refractivity contribution in [3.8, 4) is 0 Å². The molecule has 0 unspecified atom stereocenters. The molecule has 1 aliphatic rings. The van der Waals surface area contributed by atoms with Crippen LogP contribution in [0.1, 0.15) is 21.7 Å². The SMILES string of the molecule is O=C(CS(=O)(=O)CCCc1ccccc1)OCC(=O)N1CCN(C(=O)c2cccs2)CC1. The first-order valence-corrected chi connectivity index (χ1v) is 13.0. The fourth-order valence-corrected chi connectivity index (χ4v) is 5.24. The summed E-state index contributed by atoms with van der Waals surface area (Å²) in [4.78, 5) is 40.4. The smallest absolute Gasteiger partial charge is 0.321 e. The van der Waals surface area contributed by atoms with Gasteiger partial charge in [-0.3, -0.25) is 14.4 Å². The van der Waals surface area contributed by atoms with Crippen LogP contribution in [0.15, 0.2) is 47.8 Å². The van der Waals surface area contributed by atoms with Crippen LogP contribution in [0.4, 0.5) is 0 Å². The highest BCUT2D eigenvalue weighted by Crippen LogP contribution is 2.14. The molecule has 1 fully saturated rings. The number of thiophene rings is 1. The van der Waals surface area contributed by atoms with Crippen molar-refractivity contribution < 1.29 is 27.5 Å². The minimum absolute atomic E-state index is 0.0593. The summed E-state index contributed by atoms with van der Waals surface area (Å²) in [6, 6.07) is 13.1. The number of amides is 2. The van der Waals surface area contributed by atoms with Crippen LogP contribution >= 0.6 is 11.3 Å². The Kier molecular flexibility index (Phi) is 8.40. The lowest BCUT2D eigenvalue weighted by atomic mass is 10.1. The zero-order valence-electron chi connectivity index (χ0n) is 17.6. The molecule has 0 atom stereocenters. The average Bonchev–Trinajstić information content (AvgIpc) is 3.32. The molecule has 2 aromatic rings. The number of esters is 1. The Balaban J connectivity index is 1.35. The minimum Gasteiger partial charge on any atom is -0.455 e. The predicted molar refractivity (Wildman–Crippen MR) is 121 cm³/mol. The third kappa shape index (κ3) is 7.16. The summed E-state index contributed by atoms with van der Waals surface area (Å²) in [5.74, 6) is -2.24. The van der Waals surface area contributed by atoms with Gasteiger partial charge in [0.15, 0.2) is 16.4 Å². The summed E-state index contributed by atoms with van der Waals surface area (Å²) in [5, 5.41) is 1.84. The van der Waals surface area contributed by atoms with Crippen LogP contribution in [-0.2, 0) is 30.6 Å². The van der Waals surface area contributed by atoms with Gasteiger partial charge in [0.25, 0.3) is 11.8 Å².